The lowest BCUT2D eigenvalue weighted by Gasteiger charge is -2.47. The first-order valence-electron chi connectivity index (χ1n) is 8.20. The molecule has 0 spiro atoms. The highest BCUT2D eigenvalue weighted by atomic mass is 16.6. The van der Waals surface area contributed by atoms with Crippen molar-refractivity contribution in [2.24, 2.45) is 0 Å². The molecule has 2 atom stereocenters. The number of fused-ring (bicyclic) bond motifs is 1. The van der Waals surface area contributed by atoms with Crippen molar-refractivity contribution < 1.29 is 19.4 Å². The molecule has 2 aliphatic heterocycles. The van der Waals surface area contributed by atoms with Gasteiger partial charge in [-0.1, -0.05) is 6.07 Å². The summed E-state index contributed by atoms with van der Waals surface area (Å²) < 4.78 is 12.0. The van der Waals surface area contributed by atoms with Crippen LogP contribution in [0, 0.1) is 6.57 Å². The monoisotopic (exact) mass is 330 g/mol. The van der Waals surface area contributed by atoms with Crippen LogP contribution < -0.4 is 4.74 Å². The topological polar surface area (TPSA) is 63.4 Å². The highest BCUT2D eigenvalue weighted by Crippen LogP contribution is 2.46. The van der Waals surface area contributed by atoms with Gasteiger partial charge in [0.25, 0.3) is 0 Å². The minimum atomic E-state index is -0.657. The smallest absolute Gasteiger partial charge is 0.223 e. The first kappa shape index (κ1) is 16.7. The third-order valence-corrected chi connectivity index (χ3v) is 4.62. The summed E-state index contributed by atoms with van der Waals surface area (Å²) in [5.41, 5.74) is 0.658. The Morgan fingerprint density at radius 3 is 2.92 bits per heavy atom. The summed E-state index contributed by atoms with van der Waals surface area (Å²) in [6, 6.07) is 4.98. The molecule has 0 saturated carbocycles. The van der Waals surface area contributed by atoms with Crippen LogP contribution in [0.4, 0.5) is 5.69 Å². The van der Waals surface area contributed by atoms with Crippen molar-refractivity contribution in [3.05, 3.63) is 35.2 Å². The Morgan fingerprint density at radius 2 is 2.29 bits per heavy atom. The van der Waals surface area contributed by atoms with Crippen molar-refractivity contribution in [2.75, 3.05) is 19.8 Å². The van der Waals surface area contributed by atoms with Crippen molar-refractivity contribution >= 4 is 11.6 Å². The van der Waals surface area contributed by atoms with Crippen LogP contribution in [0.3, 0.4) is 0 Å². The van der Waals surface area contributed by atoms with Crippen molar-refractivity contribution in [3.63, 3.8) is 0 Å². The molecule has 1 amide bonds. The second-order valence-electron chi connectivity index (χ2n) is 6.69. The number of likely N-dealkylation sites (tertiary alicyclic amines) is 1. The molecule has 128 valence electrons. The molecule has 24 heavy (non-hydrogen) atoms. The van der Waals surface area contributed by atoms with Crippen molar-refractivity contribution in [1.29, 1.82) is 0 Å². The van der Waals surface area contributed by atoms with Gasteiger partial charge >= 0.3 is 0 Å². The molecule has 0 aliphatic carbocycles. The highest BCUT2D eigenvalue weighted by Gasteiger charge is 2.49. The molecule has 0 bridgehead atoms. The van der Waals surface area contributed by atoms with E-state index in [0.29, 0.717) is 24.4 Å². The molecular formula is C18H22N2O4. The number of amides is 1. The minimum Gasteiger partial charge on any atom is -0.485 e. The van der Waals surface area contributed by atoms with Gasteiger partial charge < -0.3 is 19.5 Å². The molecule has 6 nitrogen and oxygen atoms in total. The van der Waals surface area contributed by atoms with Gasteiger partial charge in [-0.05, 0) is 32.4 Å². The molecule has 1 aromatic rings. The maximum atomic E-state index is 12.4. The first-order valence-corrected chi connectivity index (χ1v) is 8.20. The zero-order chi connectivity index (χ0) is 17.3. The molecule has 1 fully saturated rings. The second-order valence-corrected chi connectivity index (χ2v) is 6.69. The van der Waals surface area contributed by atoms with Gasteiger partial charge in [0.2, 0.25) is 5.91 Å². The van der Waals surface area contributed by atoms with Gasteiger partial charge in [-0.25, -0.2) is 4.85 Å². The van der Waals surface area contributed by atoms with Gasteiger partial charge in [0.1, 0.15) is 17.5 Å². The molecule has 1 aromatic carbocycles. The van der Waals surface area contributed by atoms with Crippen LogP contribution >= 0.6 is 0 Å². The van der Waals surface area contributed by atoms with Gasteiger partial charge in [-0.15, -0.1) is 0 Å². The standard InChI is InChI=1S/C18H22N2O4/c1-18(2)17(23-10-9-21)16(20-8-4-5-15(20)22)13-11-12(19-3)6-7-14(13)24-18/h6-7,11,16-17,21H,4-5,8-10H2,1-2H3/t16-,17+/m1/s1. The zero-order valence-electron chi connectivity index (χ0n) is 14.0. The van der Waals surface area contributed by atoms with E-state index in [1.807, 2.05) is 18.7 Å². The van der Waals surface area contributed by atoms with Crippen molar-refractivity contribution in [2.45, 2.75) is 44.4 Å². The lowest BCUT2D eigenvalue weighted by molar-refractivity contribution is -0.150. The Hall–Kier alpha value is -2.10. The fraction of sp³-hybridized carbons (Fsp3) is 0.556. The van der Waals surface area contributed by atoms with E-state index in [1.165, 1.54) is 0 Å². The number of rotatable bonds is 4. The number of aliphatic hydroxyl groups excluding tert-OH is 1. The Balaban J connectivity index is 2.10. The Morgan fingerprint density at radius 1 is 1.50 bits per heavy atom. The minimum absolute atomic E-state index is 0.0921. The van der Waals surface area contributed by atoms with E-state index in [1.54, 1.807) is 18.2 Å². The molecule has 0 radical (unpaired) electrons. The molecule has 1 N–H and O–H groups in total. The van der Waals surface area contributed by atoms with Gasteiger partial charge in [-0.3, -0.25) is 4.79 Å². The number of benzene rings is 1. The average Bonchev–Trinajstić information content (AvgIpc) is 2.97. The summed E-state index contributed by atoms with van der Waals surface area (Å²) in [6.45, 7) is 11.9. The third kappa shape index (κ3) is 2.85. The van der Waals surface area contributed by atoms with Gasteiger partial charge in [-0.2, -0.15) is 0 Å². The number of carbonyl (C=O) groups excluding carboxylic acids is 1. The lowest BCUT2D eigenvalue weighted by atomic mass is 9.85. The second kappa shape index (κ2) is 6.42. The summed E-state index contributed by atoms with van der Waals surface area (Å²) in [4.78, 5) is 17.7. The molecule has 3 rings (SSSR count). The molecule has 2 heterocycles. The molecular weight excluding hydrogens is 308 g/mol. The summed E-state index contributed by atoms with van der Waals surface area (Å²) in [5.74, 6) is 0.774. The van der Waals surface area contributed by atoms with E-state index in [9.17, 15) is 4.79 Å². The number of hydrogen-bond donors (Lipinski definition) is 1. The quantitative estimate of drug-likeness (QED) is 0.862. The van der Waals surface area contributed by atoms with Crippen molar-refractivity contribution in [3.8, 4) is 5.75 Å². The lowest BCUT2D eigenvalue weighted by Crippen LogP contribution is -2.55. The van der Waals surface area contributed by atoms with Crippen LogP contribution in [0.25, 0.3) is 4.85 Å². The average molecular weight is 330 g/mol. The van der Waals surface area contributed by atoms with E-state index < -0.39 is 11.7 Å². The van der Waals surface area contributed by atoms with Crippen LogP contribution in [-0.4, -0.2) is 47.4 Å². The number of hydrogen-bond acceptors (Lipinski definition) is 4. The Bertz CT molecular complexity index is 680. The zero-order valence-corrected chi connectivity index (χ0v) is 14.0. The van der Waals surface area contributed by atoms with E-state index in [4.69, 9.17) is 21.2 Å². The highest BCUT2D eigenvalue weighted by molar-refractivity contribution is 5.79. The maximum absolute atomic E-state index is 12.4. The SMILES string of the molecule is [C-]#[N+]c1ccc2c(c1)[C@@H](N1CCCC1=O)[C@H](OCCO)C(C)(C)O2. The van der Waals surface area contributed by atoms with Gasteiger partial charge in [0, 0.05) is 18.5 Å². The summed E-state index contributed by atoms with van der Waals surface area (Å²) in [5, 5.41) is 9.16. The molecule has 0 aromatic heterocycles. The molecule has 6 heteroatoms. The van der Waals surface area contributed by atoms with E-state index >= 15 is 0 Å². The predicted octanol–water partition coefficient (Wildman–Crippen LogP) is 2.45. The third-order valence-electron chi connectivity index (χ3n) is 4.62. The van der Waals surface area contributed by atoms with Crippen molar-refractivity contribution in [1.82, 2.24) is 4.90 Å². The number of aliphatic hydroxyl groups is 1. The Labute approximate surface area is 141 Å². The predicted molar refractivity (Wildman–Crippen MR) is 87.9 cm³/mol. The maximum Gasteiger partial charge on any atom is 0.223 e. The van der Waals surface area contributed by atoms with E-state index in [2.05, 4.69) is 4.85 Å². The fourth-order valence-electron chi connectivity index (χ4n) is 3.58. The van der Waals surface area contributed by atoms with Crippen LogP contribution in [0.5, 0.6) is 5.75 Å². The van der Waals surface area contributed by atoms with Crippen LogP contribution in [-0.2, 0) is 9.53 Å². The summed E-state index contributed by atoms with van der Waals surface area (Å²) in [6.07, 6.45) is 0.934. The van der Waals surface area contributed by atoms with Gasteiger partial charge in [0.05, 0.1) is 25.8 Å². The fourth-order valence-corrected chi connectivity index (χ4v) is 3.58. The molecule has 2 aliphatic rings. The van der Waals surface area contributed by atoms with Crippen LogP contribution in [0.15, 0.2) is 18.2 Å². The Kier molecular flexibility index (Phi) is 4.48. The molecule has 1 saturated heterocycles. The van der Waals surface area contributed by atoms with E-state index in [0.717, 1.165) is 12.0 Å². The van der Waals surface area contributed by atoms with Crippen LogP contribution in [0.1, 0.15) is 38.3 Å². The largest absolute Gasteiger partial charge is 0.485 e. The van der Waals surface area contributed by atoms with Gasteiger partial charge in [0.15, 0.2) is 5.69 Å². The first-order chi connectivity index (χ1) is 11.5. The number of ether oxygens (including phenoxy) is 2. The summed E-state index contributed by atoms with van der Waals surface area (Å²) in [7, 11) is 0. The molecule has 0 unspecified atom stereocenters. The normalized spacial score (nSPS) is 25.1. The van der Waals surface area contributed by atoms with E-state index in [-0.39, 0.29) is 25.2 Å². The van der Waals surface area contributed by atoms with Crippen LogP contribution in [0.2, 0.25) is 0 Å². The summed E-state index contributed by atoms with van der Waals surface area (Å²) >= 11 is 0. The number of carbonyl (C=O) groups is 1. The number of nitrogens with zero attached hydrogens (tertiary/aromatic N) is 2.